The van der Waals surface area contributed by atoms with Gasteiger partial charge < -0.3 is 10.1 Å². The van der Waals surface area contributed by atoms with Crippen LogP contribution in [0.3, 0.4) is 0 Å². The van der Waals surface area contributed by atoms with Crippen molar-refractivity contribution in [2.45, 2.75) is 65.5 Å². The molecular formula is C18H31NO. The predicted octanol–water partition coefficient (Wildman–Crippen LogP) is 4.63. The maximum atomic E-state index is 6.14. The fourth-order valence-electron chi connectivity index (χ4n) is 2.30. The lowest BCUT2D eigenvalue weighted by Gasteiger charge is -2.22. The Morgan fingerprint density at radius 2 is 1.85 bits per heavy atom. The zero-order valence-corrected chi connectivity index (χ0v) is 13.6. The molecule has 0 radical (unpaired) electrons. The third-order valence-corrected chi connectivity index (χ3v) is 3.56. The summed E-state index contributed by atoms with van der Waals surface area (Å²) in [7, 11) is 0. The summed E-state index contributed by atoms with van der Waals surface area (Å²) in [5.41, 5.74) is 2.63. The van der Waals surface area contributed by atoms with Crippen LogP contribution in [0.1, 0.15) is 63.7 Å². The smallest absolute Gasteiger partial charge is 0.0951 e. The number of ether oxygens (including phenoxy) is 1. The molecule has 0 saturated heterocycles. The minimum atomic E-state index is 0.167. The van der Waals surface area contributed by atoms with Crippen molar-refractivity contribution in [2.75, 3.05) is 13.2 Å². The largest absolute Gasteiger partial charge is 0.372 e. The first-order valence-electron chi connectivity index (χ1n) is 8.05. The van der Waals surface area contributed by atoms with Gasteiger partial charge in [-0.15, -0.1) is 0 Å². The molecule has 0 aliphatic rings. The lowest BCUT2D eigenvalue weighted by atomic mass is 10.0. The molecule has 1 unspecified atom stereocenters. The van der Waals surface area contributed by atoms with E-state index >= 15 is 0 Å². The molecule has 0 aromatic heterocycles. The van der Waals surface area contributed by atoms with Gasteiger partial charge in [-0.05, 0) is 24.5 Å². The minimum Gasteiger partial charge on any atom is -0.372 e. The van der Waals surface area contributed by atoms with Crippen LogP contribution in [0.25, 0.3) is 0 Å². The number of hydrogen-bond acceptors (Lipinski definition) is 2. The molecule has 2 nitrogen and oxygen atoms in total. The molecule has 1 aromatic rings. The topological polar surface area (TPSA) is 21.3 Å². The highest BCUT2D eigenvalue weighted by Gasteiger charge is 2.14. The summed E-state index contributed by atoms with van der Waals surface area (Å²) in [5.74, 6) is 0. The molecule has 20 heavy (non-hydrogen) atoms. The second-order valence-corrected chi connectivity index (χ2v) is 5.84. The Kier molecular flexibility index (Phi) is 8.56. The summed E-state index contributed by atoms with van der Waals surface area (Å²) in [6.45, 7) is 10.5. The summed E-state index contributed by atoms with van der Waals surface area (Å²) in [6.07, 6.45) is 5.19. The van der Waals surface area contributed by atoms with Gasteiger partial charge in [0.15, 0.2) is 0 Å². The van der Waals surface area contributed by atoms with E-state index in [0.29, 0.717) is 6.04 Å². The van der Waals surface area contributed by atoms with E-state index in [4.69, 9.17) is 4.74 Å². The maximum Gasteiger partial charge on any atom is 0.0951 e. The lowest BCUT2D eigenvalue weighted by molar-refractivity contribution is 0.0482. The Morgan fingerprint density at radius 3 is 2.50 bits per heavy atom. The van der Waals surface area contributed by atoms with Gasteiger partial charge in [0.25, 0.3) is 0 Å². The molecule has 114 valence electrons. The molecule has 0 spiro atoms. The Hall–Kier alpha value is -0.860. The molecule has 1 N–H and O–H groups in total. The number of rotatable bonds is 10. The number of hydrogen-bond donors (Lipinski definition) is 1. The molecule has 1 aromatic carbocycles. The van der Waals surface area contributed by atoms with Crippen LogP contribution in [-0.2, 0) is 4.74 Å². The van der Waals surface area contributed by atoms with E-state index in [2.05, 4.69) is 57.3 Å². The fraction of sp³-hybridized carbons (Fsp3) is 0.667. The zero-order valence-electron chi connectivity index (χ0n) is 13.6. The predicted molar refractivity (Wildman–Crippen MR) is 87.2 cm³/mol. The molecule has 0 amide bonds. The van der Waals surface area contributed by atoms with E-state index in [1.807, 2.05) is 0 Å². The molecule has 0 aliphatic carbocycles. The van der Waals surface area contributed by atoms with Gasteiger partial charge in [-0.1, -0.05) is 64.3 Å². The molecule has 0 bridgehead atoms. The zero-order chi connectivity index (χ0) is 14.8. The lowest BCUT2D eigenvalue weighted by Crippen LogP contribution is -2.29. The van der Waals surface area contributed by atoms with Crippen molar-refractivity contribution in [2.24, 2.45) is 0 Å². The van der Waals surface area contributed by atoms with E-state index in [-0.39, 0.29) is 6.10 Å². The van der Waals surface area contributed by atoms with Crippen molar-refractivity contribution < 1.29 is 4.74 Å². The highest BCUT2D eigenvalue weighted by Crippen LogP contribution is 2.21. The van der Waals surface area contributed by atoms with E-state index in [1.54, 1.807) is 0 Å². The van der Waals surface area contributed by atoms with Crippen molar-refractivity contribution in [3.8, 4) is 0 Å². The van der Waals surface area contributed by atoms with E-state index in [1.165, 1.54) is 30.4 Å². The first kappa shape index (κ1) is 17.2. The molecule has 0 heterocycles. The summed E-state index contributed by atoms with van der Waals surface area (Å²) in [4.78, 5) is 0. The number of aryl methyl sites for hydroxylation is 1. The second-order valence-electron chi connectivity index (χ2n) is 5.84. The van der Waals surface area contributed by atoms with Crippen LogP contribution >= 0.6 is 0 Å². The average molecular weight is 277 g/mol. The van der Waals surface area contributed by atoms with Crippen LogP contribution in [0.2, 0.25) is 0 Å². The average Bonchev–Trinajstić information content (AvgIpc) is 2.43. The van der Waals surface area contributed by atoms with Gasteiger partial charge in [-0.3, -0.25) is 0 Å². The van der Waals surface area contributed by atoms with Crippen LogP contribution < -0.4 is 5.32 Å². The van der Waals surface area contributed by atoms with E-state index in [9.17, 15) is 0 Å². The van der Waals surface area contributed by atoms with Gasteiger partial charge in [-0.25, -0.2) is 0 Å². The monoisotopic (exact) mass is 277 g/mol. The van der Waals surface area contributed by atoms with Crippen molar-refractivity contribution in [3.63, 3.8) is 0 Å². The van der Waals surface area contributed by atoms with Gasteiger partial charge in [0.2, 0.25) is 0 Å². The minimum absolute atomic E-state index is 0.167. The Balaban J connectivity index is 2.54. The molecular weight excluding hydrogens is 246 g/mol. The van der Waals surface area contributed by atoms with Crippen molar-refractivity contribution in [3.05, 3.63) is 35.4 Å². The summed E-state index contributed by atoms with van der Waals surface area (Å²) < 4.78 is 6.14. The van der Waals surface area contributed by atoms with Gasteiger partial charge in [0.05, 0.1) is 6.10 Å². The van der Waals surface area contributed by atoms with Crippen LogP contribution in [-0.4, -0.2) is 19.2 Å². The van der Waals surface area contributed by atoms with Crippen LogP contribution in [0, 0.1) is 6.92 Å². The third kappa shape index (κ3) is 6.53. The first-order valence-corrected chi connectivity index (χ1v) is 8.05. The van der Waals surface area contributed by atoms with E-state index in [0.717, 1.165) is 19.6 Å². The van der Waals surface area contributed by atoms with Gasteiger partial charge in [-0.2, -0.15) is 0 Å². The summed E-state index contributed by atoms with van der Waals surface area (Å²) in [6, 6.07) is 9.04. The SMILES string of the molecule is CCCCCCOC(CNC(C)C)c1ccccc1C. The van der Waals surface area contributed by atoms with Gasteiger partial charge in [0, 0.05) is 19.2 Å². The Bertz CT molecular complexity index is 362. The van der Waals surface area contributed by atoms with Gasteiger partial charge in [0.1, 0.15) is 0 Å². The maximum absolute atomic E-state index is 6.14. The quantitative estimate of drug-likeness (QED) is 0.629. The van der Waals surface area contributed by atoms with Crippen molar-refractivity contribution >= 4 is 0 Å². The Labute approximate surface area is 124 Å². The molecule has 2 heteroatoms. The number of unbranched alkanes of at least 4 members (excludes halogenated alkanes) is 3. The highest BCUT2D eigenvalue weighted by molar-refractivity contribution is 5.28. The van der Waals surface area contributed by atoms with E-state index < -0.39 is 0 Å². The second kappa shape index (κ2) is 9.95. The molecule has 1 atom stereocenters. The molecule has 0 saturated carbocycles. The molecule has 1 rings (SSSR count). The van der Waals surface area contributed by atoms with Crippen LogP contribution in [0.4, 0.5) is 0 Å². The molecule has 0 aliphatic heterocycles. The van der Waals surface area contributed by atoms with Crippen molar-refractivity contribution in [1.82, 2.24) is 5.32 Å². The molecule has 0 fully saturated rings. The fourth-order valence-corrected chi connectivity index (χ4v) is 2.30. The number of benzene rings is 1. The Morgan fingerprint density at radius 1 is 1.10 bits per heavy atom. The van der Waals surface area contributed by atoms with Crippen LogP contribution in [0.5, 0.6) is 0 Å². The standard InChI is InChI=1S/C18H31NO/c1-5-6-7-10-13-20-18(14-19-15(2)3)17-12-9-8-11-16(17)4/h8-9,11-12,15,18-19H,5-7,10,13-14H2,1-4H3. The van der Waals surface area contributed by atoms with Gasteiger partial charge >= 0.3 is 0 Å². The van der Waals surface area contributed by atoms with Crippen LogP contribution in [0.15, 0.2) is 24.3 Å². The summed E-state index contributed by atoms with van der Waals surface area (Å²) >= 11 is 0. The number of nitrogens with one attached hydrogen (secondary N) is 1. The highest BCUT2D eigenvalue weighted by atomic mass is 16.5. The summed E-state index contributed by atoms with van der Waals surface area (Å²) in [5, 5.41) is 3.50. The first-order chi connectivity index (χ1) is 9.65. The third-order valence-electron chi connectivity index (χ3n) is 3.56. The van der Waals surface area contributed by atoms with Crippen molar-refractivity contribution in [1.29, 1.82) is 0 Å². The normalized spacial score (nSPS) is 12.8.